The van der Waals surface area contributed by atoms with E-state index in [-0.39, 0.29) is 10.8 Å². The molecule has 9 rings (SSSR count). The second-order valence-electron chi connectivity index (χ2n) is 12.6. The molecule has 1 atom stereocenters. The van der Waals surface area contributed by atoms with Gasteiger partial charge in [0.05, 0.1) is 9.79 Å². The van der Waals surface area contributed by atoms with Crippen LogP contribution < -0.4 is 9.47 Å². The fraction of sp³-hybridized carbons (Fsp3) is 0.122. The molecule has 3 heteroatoms. The number of hydrogen-bond donors (Lipinski definition) is 0. The highest BCUT2D eigenvalue weighted by atomic mass is 32.2. The van der Waals surface area contributed by atoms with Gasteiger partial charge in [0.2, 0.25) is 0 Å². The van der Waals surface area contributed by atoms with Crippen molar-refractivity contribution in [1.29, 1.82) is 0 Å². The minimum atomic E-state index is -0.346. The Bertz CT molecular complexity index is 2150. The standard InChI is InChI=1S/C41H30O2S/c1-40(2)30-22-23-31-39(42-33-16-8-7-15-29(33)41(31,3)26-12-5-4-6-13-26)37(30)28-21-20-25(24-32(28)40)27-14-11-19-36-38(27)43-34-17-9-10-18-35(34)44-36/h4-24H,1-3H3. The molecule has 3 aliphatic rings. The van der Waals surface area contributed by atoms with Crippen molar-refractivity contribution in [2.45, 2.75) is 41.4 Å². The van der Waals surface area contributed by atoms with Gasteiger partial charge in [0.1, 0.15) is 23.0 Å². The van der Waals surface area contributed by atoms with Crippen LogP contribution in [0.15, 0.2) is 137 Å². The second-order valence-corrected chi connectivity index (χ2v) is 13.7. The third-order valence-corrected chi connectivity index (χ3v) is 11.0. The summed E-state index contributed by atoms with van der Waals surface area (Å²) < 4.78 is 13.4. The quantitative estimate of drug-likeness (QED) is 0.201. The first-order valence-electron chi connectivity index (χ1n) is 15.2. The van der Waals surface area contributed by atoms with E-state index in [0.717, 1.165) is 43.9 Å². The van der Waals surface area contributed by atoms with Gasteiger partial charge < -0.3 is 9.47 Å². The Labute approximate surface area is 262 Å². The predicted molar refractivity (Wildman–Crippen MR) is 179 cm³/mol. The summed E-state index contributed by atoms with van der Waals surface area (Å²) in [4.78, 5) is 2.29. The molecule has 0 saturated heterocycles. The molecule has 1 aliphatic carbocycles. The first-order valence-corrected chi connectivity index (χ1v) is 16.0. The molecule has 0 radical (unpaired) electrons. The van der Waals surface area contributed by atoms with Crippen LogP contribution in [0.25, 0.3) is 22.3 Å². The van der Waals surface area contributed by atoms with Gasteiger partial charge in [-0.25, -0.2) is 0 Å². The molecule has 212 valence electrons. The van der Waals surface area contributed by atoms with Gasteiger partial charge in [-0.15, -0.1) is 0 Å². The van der Waals surface area contributed by atoms with Crippen molar-refractivity contribution in [2.24, 2.45) is 0 Å². The molecular weight excluding hydrogens is 557 g/mol. The van der Waals surface area contributed by atoms with Gasteiger partial charge in [-0.05, 0) is 65.1 Å². The van der Waals surface area contributed by atoms with Crippen molar-refractivity contribution < 1.29 is 9.47 Å². The lowest BCUT2D eigenvalue weighted by Gasteiger charge is -2.39. The van der Waals surface area contributed by atoms with Crippen molar-refractivity contribution in [1.82, 2.24) is 0 Å². The number of rotatable bonds is 2. The minimum Gasteiger partial charge on any atom is -0.456 e. The normalized spacial score (nSPS) is 18.0. The van der Waals surface area contributed by atoms with Crippen molar-refractivity contribution in [3.63, 3.8) is 0 Å². The van der Waals surface area contributed by atoms with Crippen molar-refractivity contribution >= 4 is 11.8 Å². The van der Waals surface area contributed by atoms with E-state index in [2.05, 4.69) is 142 Å². The maximum absolute atomic E-state index is 6.89. The van der Waals surface area contributed by atoms with E-state index >= 15 is 0 Å². The number of fused-ring (bicyclic) bond motifs is 8. The summed E-state index contributed by atoms with van der Waals surface area (Å²) >= 11 is 1.77. The smallest absolute Gasteiger partial charge is 0.149 e. The Hall–Kier alpha value is -4.73. The molecule has 0 N–H and O–H groups in total. The fourth-order valence-electron chi connectivity index (χ4n) is 7.54. The Morgan fingerprint density at radius 2 is 1.20 bits per heavy atom. The van der Waals surface area contributed by atoms with Gasteiger partial charge in [-0.3, -0.25) is 0 Å². The van der Waals surface area contributed by atoms with Crippen LogP contribution in [0, 0.1) is 0 Å². The summed E-state index contributed by atoms with van der Waals surface area (Å²) in [7, 11) is 0. The van der Waals surface area contributed by atoms with Crippen LogP contribution in [-0.4, -0.2) is 0 Å². The fourth-order valence-corrected chi connectivity index (χ4v) is 8.53. The van der Waals surface area contributed by atoms with Crippen LogP contribution in [0.5, 0.6) is 23.0 Å². The average molecular weight is 587 g/mol. The van der Waals surface area contributed by atoms with Crippen LogP contribution in [0.2, 0.25) is 0 Å². The monoisotopic (exact) mass is 586 g/mol. The highest BCUT2D eigenvalue weighted by Crippen LogP contribution is 2.60. The molecule has 0 aromatic heterocycles. The van der Waals surface area contributed by atoms with E-state index in [4.69, 9.17) is 9.47 Å². The Morgan fingerprint density at radius 1 is 0.500 bits per heavy atom. The van der Waals surface area contributed by atoms with Crippen LogP contribution >= 0.6 is 11.8 Å². The van der Waals surface area contributed by atoms with Crippen molar-refractivity contribution in [3.05, 3.63) is 155 Å². The molecule has 44 heavy (non-hydrogen) atoms. The van der Waals surface area contributed by atoms with Gasteiger partial charge >= 0.3 is 0 Å². The molecule has 0 saturated carbocycles. The molecule has 6 aromatic rings. The maximum atomic E-state index is 6.89. The van der Waals surface area contributed by atoms with Gasteiger partial charge in [-0.1, -0.05) is 123 Å². The lowest BCUT2D eigenvalue weighted by molar-refractivity contribution is 0.428. The van der Waals surface area contributed by atoms with E-state index in [9.17, 15) is 0 Å². The van der Waals surface area contributed by atoms with Gasteiger partial charge in [0.15, 0.2) is 0 Å². The SMILES string of the molecule is CC1(C)c2cc(-c3cccc4c3Oc3ccccc3S4)ccc2-c2c1ccc1c2Oc2ccccc2C1(C)c1ccccc1. The predicted octanol–water partition coefficient (Wildman–Crippen LogP) is 11.4. The molecule has 6 aromatic carbocycles. The lowest BCUT2D eigenvalue weighted by Crippen LogP contribution is -2.30. The van der Waals surface area contributed by atoms with E-state index < -0.39 is 0 Å². The summed E-state index contributed by atoms with van der Waals surface area (Å²) in [5, 5.41) is 0. The van der Waals surface area contributed by atoms with Crippen molar-refractivity contribution in [3.8, 4) is 45.3 Å². The largest absolute Gasteiger partial charge is 0.456 e. The number of ether oxygens (including phenoxy) is 2. The van der Waals surface area contributed by atoms with Crippen LogP contribution in [-0.2, 0) is 10.8 Å². The van der Waals surface area contributed by atoms with Gasteiger partial charge in [0, 0.05) is 33.1 Å². The molecule has 0 spiro atoms. The molecular formula is C41H30O2S. The Balaban J connectivity index is 1.22. The Kier molecular flexibility index (Phi) is 5.35. The third kappa shape index (κ3) is 3.45. The third-order valence-electron chi connectivity index (χ3n) is 9.89. The highest BCUT2D eigenvalue weighted by molar-refractivity contribution is 7.99. The summed E-state index contributed by atoms with van der Waals surface area (Å²) in [6, 6.07) is 45.6. The van der Waals surface area contributed by atoms with Crippen LogP contribution in [0.4, 0.5) is 0 Å². The summed E-state index contributed by atoms with van der Waals surface area (Å²) in [6.45, 7) is 7.02. The second kappa shape index (κ2) is 9.14. The first kappa shape index (κ1) is 25.7. The zero-order valence-corrected chi connectivity index (χ0v) is 25.7. The summed E-state index contributed by atoms with van der Waals surface area (Å²) in [6.07, 6.45) is 0. The van der Waals surface area contributed by atoms with Gasteiger partial charge in [-0.2, -0.15) is 0 Å². The average Bonchev–Trinajstić information content (AvgIpc) is 3.30. The molecule has 0 bridgehead atoms. The molecule has 2 aliphatic heterocycles. The minimum absolute atomic E-state index is 0.198. The zero-order chi connectivity index (χ0) is 29.6. The van der Waals surface area contributed by atoms with Crippen molar-refractivity contribution in [2.75, 3.05) is 0 Å². The number of para-hydroxylation sites is 3. The first-order chi connectivity index (χ1) is 21.4. The lowest BCUT2D eigenvalue weighted by atomic mass is 9.68. The van der Waals surface area contributed by atoms with Gasteiger partial charge in [0.25, 0.3) is 0 Å². The maximum Gasteiger partial charge on any atom is 0.149 e. The molecule has 2 nitrogen and oxygen atoms in total. The summed E-state index contributed by atoms with van der Waals surface area (Å²) in [5.41, 5.74) is 10.5. The molecule has 1 unspecified atom stereocenters. The zero-order valence-electron chi connectivity index (χ0n) is 24.8. The van der Waals surface area contributed by atoms with E-state index in [1.807, 2.05) is 6.07 Å². The van der Waals surface area contributed by atoms with Crippen LogP contribution in [0.3, 0.4) is 0 Å². The number of benzene rings is 6. The molecule has 0 fully saturated rings. The molecule has 0 amide bonds. The highest BCUT2D eigenvalue weighted by Gasteiger charge is 2.45. The van der Waals surface area contributed by atoms with E-state index in [1.54, 1.807) is 11.8 Å². The van der Waals surface area contributed by atoms with Crippen LogP contribution in [0.1, 0.15) is 48.6 Å². The summed E-state index contributed by atoms with van der Waals surface area (Å²) in [5.74, 6) is 3.74. The topological polar surface area (TPSA) is 18.5 Å². The Morgan fingerprint density at radius 3 is 2.07 bits per heavy atom. The van der Waals surface area contributed by atoms with E-state index in [0.29, 0.717) is 0 Å². The van der Waals surface area contributed by atoms with E-state index in [1.165, 1.54) is 38.9 Å². The molecule has 2 heterocycles. The number of hydrogen-bond acceptors (Lipinski definition) is 3.